The van der Waals surface area contributed by atoms with Crippen molar-refractivity contribution in [3.63, 3.8) is 0 Å². The van der Waals surface area contributed by atoms with Gasteiger partial charge < -0.3 is 14.8 Å². The summed E-state index contributed by atoms with van der Waals surface area (Å²) in [6, 6.07) is 5.69. The molecule has 118 valence electrons. The Bertz CT molecular complexity index is 600. The topological polar surface area (TPSA) is 78.3 Å². The van der Waals surface area contributed by atoms with Crippen LogP contribution in [0.4, 0.5) is 4.39 Å². The Labute approximate surface area is 127 Å². The summed E-state index contributed by atoms with van der Waals surface area (Å²) in [5.74, 6) is 0.0407. The molecule has 0 aliphatic carbocycles. The molecule has 0 unspecified atom stereocenters. The molecule has 0 saturated carbocycles. The fourth-order valence-corrected chi connectivity index (χ4v) is 1.67. The van der Waals surface area contributed by atoms with E-state index in [0.29, 0.717) is 24.6 Å². The fraction of sp³-hybridized carbons (Fsp3) is 0.357. The Kier molecular flexibility index (Phi) is 5.84. The number of amides is 1. The van der Waals surface area contributed by atoms with Gasteiger partial charge in [-0.05, 0) is 24.3 Å². The third-order valence-electron chi connectivity index (χ3n) is 2.72. The van der Waals surface area contributed by atoms with Crippen LogP contribution in [0.15, 0.2) is 30.5 Å². The number of rotatable bonds is 8. The van der Waals surface area contributed by atoms with E-state index in [-0.39, 0.29) is 24.9 Å². The van der Waals surface area contributed by atoms with Crippen LogP contribution in [0.25, 0.3) is 0 Å². The molecule has 1 aromatic heterocycles. The van der Waals surface area contributed by atoms with Crippen LogP contribution in [0, 0.1) is 5.82 Å². The highest BCUT2D eigenvalue weighted by Crippen LogP contribution is 2.12. The highest BCUT2D eigenvalue weighted by atomic mass is 19.1. The molecular weight excluding hydrogens is 291 g/mol. The Balaban J connectivity index is 1.78. The maximum absolute atomic E-state index is 12.8. The molecule has 1 aromatic carbocycles. The average molecular weight is 308 g/mol. The van der Waals surface area contributed by atoms with Crippen molar-refractivity contribution in [3.05, 3.63) is 42.0 Å². The number of ether oxygens (including phenoxy) is 2. The highest BCUT2D eigenvalue weighted by molar-refractivity contribution is 5.75. The van der Waals surface area contributed by atoms with Crippen molar-refractivity contribution >= 4 is 5.91 Å². The van der Waals surface area contributed by atoms with Crippen molar-refractivity contribution in [1.82, 2.24) is 20.3 Å². The van der Waals surface area contributed by atoms with Crippen LogP contribution >= 0.6 is 0 Å². The minimum atomic E-state index is -0.322. The molecule has 0 atom stereocenters. The van der Waals surface area contributed by atoms with Gasteiger partial charge in [0.15, 0.2) is 0 Å². The summed E-state index contributed by atoms with van der Waals surface area (Å²) in [5.41, 5.74) is 0.578. The first-order valence-corrected chi connectivity index (χ1v) is 6.70. The summed E-state index contributed by atoms with van der Waals surface area (Å²) in [5, 5.41) is 10.4. The van der Waals surface area contributed by atoms with Gasteiger partial charge in [0, 0.05) is 13.7 Å². The minimum Gasteiger partial charge on any atom is -0.487 e. The first-order chi connectivity index (χ1) is 10.7. The van der Waals surface area contributed by atoms with Crippen molar-refractivity contribution < 1.29 is 18.7 Å². The zero-order valence-corrected chi connectivity index (χ0v) is 12.2. The van der Waals surface area contributed by atoms with Crippen LogP contribution in [0.5, 0.6) is 5.75 Å². The number of nitrogens with zero attached hydrogens (tertiary/aromatic N) is 3. The van der Waals surface area contributed by atoms with Crippen LogP contribution in [0.2, 0.25) is 0 Å². The van der Waals surface area contributed by atoms with Gasteiger partial charge in [0.05, 0.1) is 12.8 Å². The molecule has 0 saturated heterocycles. The standard InChI is InChI=1S/C14H17FN4O3/c1-21-7-6-16-14(20)9-19-8-12(17-18-19)10-22-13-4-2-11(15)3-5-13/h2-5,8H,6-7,9-10H2,1H3,(H,16,20). The zero-order valence-electron chi connectivity index (χ0n) is 12.2. The Hall–Kier alpha value is -2.48. The summed E-state index contributed by atoms with van der Waals surface area (Å²) in [4.78, 5) is 11.6. The molecular formula is C14H17FN4O3. The van der Waals surface area contributed by atoms with Gasteiger partial charge in [-0.25, -0.2) is 9.07 Å². The number of hydrogen-bond acceptors (Lipinski definition) is 5. The van der Waals surface area contributed by atoms with E-state index >= 15 is 0 Å². The molecule has 1 amide bonds. The van der Waals surface area contributed by atoms with Crippen LogP contribution in [-0.2, 0) is 22.7 Å². The average Bonchev–Trinajstić information content (AvgIpc) is 2.94. The van der Waals surface area contributed by atoms with Crippen molar-refractivity contribution in [1.29, 1.82) is 0 Å². The molecule has 2 aromatic rings. The molecule has 2 rings (SSSR count). The molecule has 1 N–H and O–H groups in total. The number of carbonyl (C=O) groups is 1. The molecule has 0 bridgehead atoms. The van der Waals surface area contributed by atoms with E-state index in [2.05, 4.69) is 15.6 Å². The highest BCUT2D eigenvalue weighted by Gasteiger charge is 2.06. The lowest BCUT2D eigenvalue weighted by atomic mass is 10.3. The first kappa shape index (κ1) is 15.9. The van der Waals surface area contributed by atoms with Crippen molar-refractivity contribution in [2.24, 2.45) is 0 Å². The maximum Gasteiger partial charge on any atom is 0.241 e. The summed E-state index contributed by atoms with van der Waals surface area (Å²) < 4.78 is 24.5. The summed E-state index contributed by atoms with van der Waals surface area (Å²) in [7, 11) is 1.57. The second-order valence-corrected chi connectivity index (χ2v) is 4.49. The quantitative estimate of drug-likeness (QED) is 0.728. The largest absolute Gasteiger partial charge is 0.487 e. The van der Waals surface area contributed by atoms with E-state index in [1.807, 2.05) is 0 Å². The number of benzene rings is 1. The molecule has 7 nitrogen and oxygen atoms in total. The molecule has 1 heterocycles. The van der Waals surface area contributed by atoms with Gasteiger partial charge in [0.25, 0.3) is 0 Å². The molecule has 0 spiro atoms. The fourth-order valence-electron chi connectivity index (χ4n) is 1.67. The predicted molar refractivity (Wildman–Crippen MR) is 75.6 cm³/mol. The van der Waals surface area contributed by atoms with Crippen molar-refractivity contribution in [2.45, 2.75) is 13.2 Å². The number of halogens is 1. The minimum absolute atomic E-state index is 0.0766. The molecule has 22 heavy (non-hydrogen) atoms. The maximum atomic E-state index is 12.8. The lowest BCUT2D eigenvalue weighted by Gasteiger charge is -2.04. The SMILES string of the molecule is COCCNC(=O)Cn1cc(COc2ccc(F)cc2)nn1. The predicted octanol–water partition coefficient (Wildman–Crippen LogP) is 0.759. The summed E-state index contributed by atoms with van der Waals surface area (Å²) in [6.07, 6.45) is 1.62. The van der Waals surface area contributed by atoms with Crippen LogP contribution < -0.4 is 10.1 Å². The van der Waals surface area contributed by atoms with E-state index in [1.54, 1.807) is 13.3 Å². The second-order valence-electron chi connectivity index (χ2n) is 4.49. The smallest absolute Gasteiger partial charge is 0.241 e. The third kappa shape index (κ3) is 5.13. The first-order valence-electron chi connectivity index (χ1n) is 6.70. The molecule has 8 heteroatoms. The number of methoxy groups -OCH3 is 1. The Morgan fingerprint density at radius 2 is 2.14 bits per heavy atom. The van der Waals surface area contributed by atoms with Crippen LogP contribution in [0.1, 0.15) is 5.69 Å². The Morgan fingerprint density at radius 1 is 1.36 bits per heavy atom. The lowest BCUT2D eigenvalue weighted by Crippen LogP contribution is -2.30. The van der Waals surface area contributed by atoms with Gasteiger partial charge in [-0.3, -0.25) is 4.79 Å². The number of nitrogens with one attached hydrogen (secondary N) is 1. The van der Waals surface area contributed by atoms with E-state index < -0.39 is 0 Å². The van der Waals surface area contributed by atoms with E-state index in [0.717, 1.165) is 0 Å². The van der Waals surface area contributed by atoms with E-state index in [1.165, 1.54) is 28.9 Å². The third-order valence-corrected chi connectivity index (χ3v) is 2.72. The lowest BCUT2D eigenvalue weighted by molar-refractivity contribution is -0.122. The van der Waals surface area contributed by atoms with Gasteiger partial charge in [-0.1, -0.05) is 5.21 Å². The molecule has 0 radical (unpaired) electrons. The molecule has 0 fully saturated rings. The zero-order chi connectivity index (χ0) is 15.8. The number of carbonyl (C=O) groups excluding carboxylic acids is 1. The van der Waals surface area contributed by atoms with E-state index in [9.17, 15) is 9.18 Å². The monoisotopic (exact) mass is 308 g/mol. The van der Waals surface area contributed by atoms with Crippen molar-refractivity contribution in [3.8, 4) is 5.75 Å². The number of aromatic nitrogens is 3. The van der Waals surface area contributed by atoms with Crippen LogP contribution in [0.3, 0.4) is 0 Å². The van der Waals surface area contributed by atoms with Gasteiger partial charge >= 0.3 is 0 Å². The van der Waals surface area contributed by atoms with Gasteiger partial charge in [0.1, 0.15) is 30.4 Å². The van der Waals surface area contributed by atoms with E-state index in [4.69, 9.17) is 9.47 Å². The Morgan fingerprint density at radius 3 is 2.86 bits per heavy atom. The van der Waals surface area contributed by atoms with Gasteiger partial charge in [-0.2, -0.15) is 0 Å². The van der Waals surface area contributed by atoms with Crippen molar-refractivity contribution in [2.75, 3.05) is 20.3 Å². The second kappa shape index (κ2) is 8.08. The van der Waals surface area contributed by atoms with Gasteiger partial charge in [0.2, 0.25) is 5.91 Å². The summed E-state index contributed by atoms with van der Waals surface area (Å²) >= 11 is 0. The summed E-state index contributed by atoms with van der Waals surface area (Å²) in [6.45, 7) is 1.18. The molecule has 0 aliphatic rings. The van der Waals surface area contributed by atoms with Gasteiger partial charge in [-0.15, -0.1) is 5.10 Å². The normalized spacial score (nSPS) is 10.5. The number of hydrogen-bond donors (Lipinski definition) is 1. The molecule has 0 aliphatic heterocycles. The van der Waals surface area contributed by atoms with Crippen LogP contribution in [-0.4, -0.2) is 41.2 Å².